The van der Waals surface area contributed by atoms with Crippen LogP contribution < -0.4 is 10.6 Å². The average Bonchev–Trinajstić information content (AvgIpc) is 2.75. The van der Waals surface area contributed by atoms with E-state index >= 15 is 0 Å². The summed E-state index contributed by atoms with van der Waals surface area (Å²) in [5.74, 6) is -0.378. The van der Waals surface area contributed by atoms with Gasteiger partial charge in [0.1, 0.15) is 11.6 Å². The number of carbonyl (C=O) groups is 1. The Hall–Kier alpha value is -2.81. The van der Waals surface area contributed by atoms with E-state index in [-0.39, 0.29) is 17.5 Å². The van der Waals surface area contributed by atoms with Crippen LogP contribution in [0.1, 0.15) is 24.0 Å². The Morgan fingerprint density at radius 3 is 2.45 bits per heavy atom. The summed E-state index contributed by atoms with van der Waals surface area (Å²) in [4.78, 5) is 14.7. The van der Waals surface area contributed by atoms with Gasteiger partial charge in [0.15, 0.2) is 0 Å². The molecule has 0 radical (unpaired) electrons. The lowest BCUT2D eigenvalue weighted by molar-refractivity contribution is -0.117. The van der Waals surface area contributed by atoms with Gasteiger partial charge in [-0.05, 0) is 36.1 Å². The van der Waals surface area contributed by atoms with Crippen molar-refractivity contribution in [1.29, 1.82) is 5.26 Å². The van der Waals surface area contributed by atoms with Crippen molar-refractivity contribution in [3.8, 4) is 6.07 Å². The number of hydrogen-bond donors (Lipinski definition) is 2. The largest absolute Gasteiger partial charge is 0.387 e. The monoisotopic (exact) mass is 408 g/mol. The number of nitrogens with one attached hydrogen (secondary N) is 2. The van der Waals surface area contributed by atoms with Gasteiger partial charge in [-0.25, -0.2) is 0 Å². The molecule has 1 fully saturated rings. The van der Waals surface area contributed by atoms with Crippen molar-refractivity contribution in [3.63, 3.8) is 0 Å². The van der Waals surface area contributed by atoms with Crippen LogP contribution in [0.4, 0.5) is 0 Å². The zero-order valence-electron chi connectivity index (χ0n) is 16.3. The normalized spacial score (nSPS) is 15.5. The third-order valence-corrected chi connectivity index (χ3v) is 5.28. The summed E-state index contributed by atoms with van der Waals surface area (Å²) in [5.41, 5.74) is 2.34. The number of rotatable bonds is 7. The highest BCUT2D eigenvalue weighted by Crippen LogP contribution is 2.14. The first-order valence-electron chi connectivity index (χ1n) is 9.79. The first-order valence-corrected chi connectivity index (χ1v) is 10.2. The Bertz CT molecular complexity index is 866. The molecule has 1 saturated heterocycles. The van der Waals surface area contributed by atoms with Crippen LogP contribution >= 0.6 is 11.6 Å². The van der Waals surface area contributed by atoms with E-state index in [1.54, 1.807) is 18.3 Å². The third kappa shape index (κ3) is 6.63. The van der Waals surface area contributed by atoms with E-state index in [4.69, 9.17) is 11.6 Å². The lowest BCUT2D eigenvalue weighted by atomic mass is 10.0. The molecule has 0 aliphatic carbocycles. The van der Waals surface area contributed by atoms with Crippen LogP contribution in [0.15, 0.2) is 66.4 Å². The number of amides is 1. The Labute approximate surface area is 177 Å². The Morgan fingerprint density at radius 1 is 1.10 bits per heavy atom. The van der Waals surface area contributed by atoms with Crippen molar-refractivity contribution >= 4 is 17.5 Å². The summed E-state index contributed by atoms with van der Waals surface area (Å²) < 4.78 is 0. The number of benzene rings is 2. The van der Waals surface area contributed by atoms with Crippen LogP contribution in [0.5, 0.6) is 0 Å². The van der Waals surface area contributed by atoms with Crippen molar-refractivity contribution < 1.29 is 4.79 Å². The molecule has 0 unspecified atom stereocenters. The van der Waals surface area contributed by atoms with Crippen LogP contribution in [0.25, 0.3) is 0 Å². The number of likely N-dealkylation sites (tertiary alicyclic amines) is 1. The Morgan fingerprint density at radius 2 is 1.79 bits per heavy atom. The van der Waals surface area contributed by atoms with Gasteiger partial charge < -0.3 is 10.6 Å². The minimum absolute atomic E-state index is 0.0886. The van der Waals surface area contributed by atoms with E-state index in [9.17, 15) is 10.1 Å². The van der Waals surface area contributed by atoms with E-state index in [0.29, 0.717) is 11.6 Å². The van der Waals surface area contributed by atoms with E-state index in [2.05, 4.69) is 39.8 Å². The lowest BCUT2D eigenvalue weighted by Crippen LogP contribution is -2.40. The topological polar surface area (TPSA) is 68.2 Å². The van der Waals surface area contributed by atoms with Crippen molar-refractivity contribution in [1.82, 2.24) is 15.5 Å². The maximum atomic E-state index is 12.3. The van der Waals surface area contributed by atoms with Gasteiger partial charge in [0.25, 0.3) is 5.91 Å². The molecule has 0 saturated carbocycles. The molecule has 150 valence electrons. The van der Waals surface area contributed by atoms with E-state index in [0.717, 1.165) is 38.0 Å². The molecule has 6 heteroatoms. The van der Waals surface area contributed by atoms with Gasteiger partial charge in [0.05, 0.1) is 0 Å². The predicted molar refractivity (Wildman–Crippen MR) is 115 cm³/mol. The van der Waals surface area contributed by atoms with Gasteiger partial charge in [-0.15, -0.1) is 0 Å². The van der Waals surface area contributed by atoms with Gasteiger partial charge in [0.2, 0.25) is 0 Å². The number of nitrogens with zero attached hydrogens (tertiary/aromatic N) is 2. The number of carbonyl (C=O) groups excluding carboxylic acids is 1. The van der Waals surface area contributed by atoms with Crippen LogP contribution in [-0.2, 0) is 17.9 Å². The summed E-state index contributed by atoms with van der Waals surface area (Å²) in [6.07, 6.45) is 3.51. The second-order valence-corrected chi connectivity index (χ2v) is 7.62. The first-order chi connectivity index (χ1) is 14.1. The zero-order valence-corrected chi connectivity index (χ0v) is 17.0. The van der Waals surface area contributed by atoms with Crippen molar-refractivity contribution in [2.24, 2.45) is 0 Å². The minimum atomic E-state index is -0.378. The molecule has 2 N–H and O–H groups in total. The molecular formula is C23H25ClN4O. The number of nitriles is 1. The smallest absolute Gasteiger partial charge is 0.263 e. The molecule has 0 spiro atoms. The van der Waals surface area contributed by atoms with Gasteiger partial charge in [-0.3, -0.25) is 9.69 Å². The quantitative estimate of drug-likeness (QED) is 0.542. The summed E-state index contributed by atoms with van der Waals surface area (Å²) in [6.45, 7) is 3.29. The number of piperidine rings is 1. The summed E-state index contributed by atoms with van der Waals surface area (Å²) in [7, 11) is 0. The second-order valence-electron chi connectivity index (χ2n) is 7.18. The van der Waals surface area contributed by atoms with Crippen LogP contribution in [-0.4, -0.2) is 29.9 Å². The van der Waals surface area contributed by atoms with E-state index in [1.165, 1.54) is 5.56 Å². The van der Waals surface area contributed by atoms with Crippen LogP contribution in [0.3, 0.4) is 0 Å². The van der Waals surface area contributed by atoms with Gasteiger partial charge in [-0.2, -0.15) is 5.26 Å². The molecule has 1 aliphatic heterocycles. The van der Waals surface area contributed by atoms with Crippen molar-refractivity contribution in [2.75, 3.05) is 13.1 Å². The molecule has 1 amide bonds. The van der Waals surface area contributed by atoms with E-state index in [1.807, 2.05) is 24.3 Å². The van der Waals surface area contributed by atoms with Crippen LogP contribution in [0, 0.1) is 11.3 Å². The molecular weight excluding hydrogens is 384 g/mol. The van der Waals surface area contributed by atoms with Crippen molar-refractivity contribution in [2.45, 2.75) is 32.0 Å². The van der Waals surface area contributed by atoms with Gasteiger partial charge in [0, 0.05) is 43.4 Å². The molecule has 0 atom stereocenters. The molecule has 2 aromatic rings. The van der Waals surface area contributed by atoms with Gasteiger partial charge in [-0.1, -0.05) is 54.1 Å². The van der Waals surface area contributed by atoms with Gasteiger partial charge >= 0.3 is 0 Å². The standard InChI is InChI=1S/C23H25ClN4O/c24-21-8-6-18(7-9-21)15-27-23(29)20(14-25)16-26-22-10-12-28(13-11-22)17-19-4-2-1-3-5-19/h1-9,16,22,26H,10-13,15,17H2,(H,27,29)/b20-16-. The number of halogens is 1. The molecule has 1 aliphatic rings. The van der Waals surface area contributed by atoms with Crippen LogP contribution in [0.2, 0.25) is 5.02 Å². The highest BCUT2D eigenvalue weighted by atomic mass is 35.5. The highest BCUT2D eigenvalue weighted by molar-refractivity contribution is 6.30. The number of hydrogen-bond acceptors (Lipinski definition) is 4. The first kappa shape index (κ1) is 20.9. The Kier molecular flexibility index (Phi) is 7.69. The molecule has 29 heavy (non-hydrogen) atoms. The lowest BCUT2D eigenvalue weighted by Gasteiger charge is -2.32. The van der Waals surface area contributed by atoms with Crippen molar-refractivity contribution in [3.05, 3.63) is 82.5 Å². The molecule has 5 nitrogen and oxygen atoms in total. The molecule has 2 aromatic carbocycles. The molecule has 0 aromatic heterocycles. The third-order valence-electron chi connectivity index (χ3n) is 5.03. The summed E-state index contributed by atoms with van der Waals surface area (Å²) >= 11 is 5.86. The fourth-order valence-electron chi connectivity index (χ4n) is 3.33. The maximum absolute atomic E-state index is 12.3. The fraction of sp³-hybridized carbons (Fsp3) is 0.304. The zero-order chi connectivity index (χ0) is 20.5. The summed E-state index contributed by atoms with van der Waals surface area (Å²) in [6, 6.07) is 20.0. The summed E-state index contributed by atoms with van der Waals surface area (Å²) in [5, 5.41) is 16.0. The molecule has 0 bridgehead atoms. The second kappa shape index (κ2) is 10.7. The average molecular weight is 409 g/mol. The Balaban J connectivity index is 1.43. The fourth-order valence-corrected chi connectivity index (χ4v) is 3.45. The maximum Gasteiger partial charge on any atom is 0.263 e. The minimum Gasteiger partial charge on any atom is -0.387 e. The molecule has 3 rings (SSSR count). The molecule has 1 heterocycles. The SMILES string of the molecule is N#C/C(=C/NC1CCN(Cc2ccccc2)CC1)C(=O)NCc1ccc(Cl)cc1. The predicted octanol–water partition coefficient (Wildman–Crippen LogP) is 3.62. The van der Waals surface area contributed by atoms with E-state index < -0.39 is 0 Å². The highest BCUT2D eigenvalue weighted by Gasteiger charge is 2.19.